The number of thioether (sulfide) groups is 1. The maximum atomic E-state index is 12.1. The van der Waals surface area contributed by atoms with Gasteiger partial charge in [-0.2, -0.15) is 0 Å². The first-order chi connectivity index (χ1) is 11.6. The van der Waals surface area contributed by atoms with Gasteiger partial charge in [0.1, 0.15) is 5.03 Å². The molecule has 0 unspecified atom stereocenters. The van der Waals surface area contributed by atoms with Gasteiger partial charge in [-0.05, 0) is 54.0 Å². The molecule has 1 aromatic carbocycles. The predicted molar refractivity (Wildman–Crippen MR) is 100 cm³/mol. The van der Waals surface area contributed by atoms with Crippen LogP contribution >= 0.6 is 27.7 Å². The molecule has 0 bridgehead atoms. The molecule has 0 radical (unpaired) electrons. The molecular weight excluding hydrogens is 392 g/mol. The van der Waals surface area contributed by atoms with E-state index in [1.54, 1.807) is 24.4 Å². The van der Waals surface area contributed by atoms with Gasteiger partial charge in [0, 0.05) is 22.4 Å². The molecule has 0 atom stereocenters. The molecule has 1 heterocycles. The Morgan fingerprint density at radius 2 is 1.96 bits per heavy atom. The zero-order chi connectivity index (χ0) is 17.4. The van der Waals surface area contributed by atoms with Gasteiger partial charge in [0.25, 0.3) is 0 Å². The summed E-state index contributed by atoms with van der Waals surface area (Å²) in [5, 5.41) is 3.65. The van der Waals surface area contributed by atoms with Gasteiger partial charge >= 0.3 is 0 Å². The summed E-state index contributed by atoms with van der Waals surface area (Å²) in [6.07, 6.45) is 1.70. The second-order valence-corrected chi connectivity index (χ2v) is 6.47. The van der Waals surface area contributed by atoms with Crippen LogP contribution in [0, 0.1) is 0 Å². The smallest absolute Gasteiger partial charge is 0.234 e. The fourth-order valence-electron chi connectivity index (χ4n) is 1.94. The number of halogens is 1. The second-order valence-electron chi connectivity index (χ2n) is 4.65. The average Bonchev–Trinajstić information content (AvgIpc) is 2.57. The summed E-state index contributed by atoms with van der Waals surface area (Å²) in [7, 11) is 0. The number of carbonyl (C=O) groups is 1. The third kappa shape index (κ3) is 5.42. The van der Waals surface area contributed by atoms with Crippen LogP contribution in [0.1, 0.15) is 13.8 Å². The second kappa shape index (κ2) is 9.54. The molecule has 7 heteroatoms. The van der Waals surface area contributed by atoms with Crippen LogP contribution in [-0.2, 0) is 4.79 Å². The number of amides is 1. The summed E-state index contributed by atoms with van der Waals surface area (Å²) < 4.78 is 11.9. The highest BCUT2D eigenvalue weighted by Crippen LogP contribution is 2.31. The lowest BCUT2D eigenvalue weighted by Crippen LogP contribution is -2.14. The van der Waals surface area contributed by atoms with Gasteiger partial charge in [0.15, 0.2) is 11.5 Å². The van der Waals surface area contributed by atoms with E-state index in [2.05, 4.69) is 26.2 Å². The highest BCUT2D eigenvalue weighted by atomic mass is 79.9. The number of pyridine rings is 1. The zero-order valence-corrected chi connectivity index (χ0v) is 15.9. The number of hydrogen-bond donors (Lipinski definition) is 1. The van der Waals surface area contributed by atoms with Crippen molar-refractivity contribution in [2.45, 2.75) is 18.9 Å². The minimum atomic E-state index is -0.107. The SMILES string of the molecule is CCOc1ccc(NC(=O)CSc2ncccc2Br)cc1OCC. The third-order valence-corrected chi connectivity index (χ3v) is 4.80. The summed E-state index contributed by atoms with van der Waals surface area (Å²) in [6, 6.07) is 9.10. The maximum Gasteiger partial charge on any atom is 0.234 e. The van der Waals surface area contributed by atoms with Crippen LogP contribution in [0.25, 0.3) is 0 Å². The van der Waals surface area contributed by atoms with Crippen molar-refractivity contribution in [3.05, 3.63) is 41.0 Å². The van der Waals surface area contributed by atoms with Gasteiger partial charge in [-0.1, -0.05) is 11.8 Å². The summed E-state index contributed by atoms with van der Waals surface area (Å²) >= 11 is 4.79. The van der Waals surface area contributed by atoms with Crippen molar-refractivity contribution in [1.29, 1.82) is 0 Å². The molecule has 1 N–H and O–H groups in total. The summed E-state index contributed by atoms with van der Waals surface area (Å²) in [5.74, 6) is 1.46. The van der Waals surface area contributed by atoms with Crippen molar-refractivity contribution in [3.63, 3.8) is 0 Å². The summed E-state index contributed by atoms with van der Waals surface area (Å²) in [5.41, 5.74) is 0.674. The first kappa shape index (κ1) is 18.6. The quantitative estimate of drug-likeness (QED) is 0.654. The van der Waals surface area contributed by atoms with E-state index in [-0.39, 0.29) is 11.7 Å². The van der Waals surface area contributed by atoms with Gasteiger partial charge in [0.05, 0.1) is 19.0 Å². The first-order valence-electron chi connectivity index (χ1n) is 7.56. The van der Waals surface area contributed by atoms with Gasteiger partial charge in [0.2, 0.25) is 5.91 Å². The van der Waals surface area contributed by atoms with Crippen LogP contribution in [0.4, 0.5) is 5.69 Å². The fraction of sp³-hybridized carbons (Fsp3) is 0.294. The molecule has 1 aromatic heterocycles. The van der Waals surface area contributed by atoms with Crippen molar-refractivity contribution in [2.24, 2.45) is 0 Å². The molecule has 128 valence electrons. The number of ether oxygens (including phenoxy) is 2. The lowest BCUT2D eigenvalue weighted by atomic mass is 10.2. The van der Waals surface area contributed by atoms with Crippen molar-refractivity contribution in [3.8, 4) is 11.5 Å². The van der Waals surface area contributed by atoms with Crippen LogP contribution in [-0.4, -0.2) is 29.9 Å². The van der Waals surface area contributed by atoms with Gasteiger partial charge in [-0.3, -0.25) is 4.79 Å². The number of rotatable bonds is 8. The minimum absolute atomic E-state index is 0.107. The van der Waals surface area contributed by atoms with E-state index < -0.39 is 0 Å². The standard InChI is InChI=1S/C17H19BrN2O3S/c1-3-22-14-8-7-12(10-15(14)23-4-2)20-16(21)11-24-17-13(18)6-5-9-19-17/h5-10H,3-4,11H2,1-2H3,(H,20,21). The maximum absolute atomic E-state index is 12.1. The Bertz CT molecular complexity index is 697. The Kier molecular flexibility index (Phi) is 7.39. The van der Waals surface area contributed by atoms with Crippen LogP contribution in [0.3, 0.4) is 0 Å². The lowest BCUT2D eigenvalue weighted by Gasteiger charge is -2.13. The van der Waals surface area contributed by atoms with Crippen molar-refractivity contribution in [2.75, 3.05) is 24.3 Å². The van der Waals surface area contributed by atoms with Crippen LogP contribution < -0.4 is 14.8 Å². The van der Waals surface area contributed by atoms with E-state index in [0.29, 0.717) is 30.4 Å². The lowest BCUT2D eigenvalue weighted by molar-refractivity contribution is -0.113. The Morgan fingerprint density at radius 3 is 2.67 bits per heavy atom. The van der Waals surface area contributed by atoms with E-state index in [1.807, 2.05) is 26.0 Å². The van der Waals surface area contributed by atoms with Crippen molar-refractivity contribution >= 4 is 39.3 Å². The van der Waals surface area contributed by atoms with Crippen LogP contribution in [0.15, 0.2) is 46.0 Å². The van der Waals surface area contributed by atoms with Crippen molar-refractivity contribution < 1.29 is 14.3 Å². The first-order valence-corrected chi connectivity index (χ1v) is 9.34. The number of anilines is 1. The molecule has 0 spiro atoms. The Balaban J connectivity index is 1.98. The number of carbonyl (C=O) groups excluding carboxylic acids is 1. The highest BCUT2D eigenvalue weighted by Gasteiger charge is 2.10. The molecule has 2 rings (SSSR count). The Morgan fingerprint density at radius 1 is 1.21 bits per heavy atom. The number of aromatic nitrogens is 1. The largest absolute Gasteiger partial charge is 0.490 e. The molecule has 0 aliphatic rings. The summed E-state index contributed by atoms with van der Waals surface area (Å²) in [4.78, 5) is 16.4. The molecule has 0 fully saturated rings. The molecule has 0 aliphatic heterocycles. The predicted octanol–water partition coefficient (Wildman–Crippen LogP) is 4.37. The topological polar surface area (TPSA) is 60.5 Å². The van der Waals surface area contributed by atoms with Gasteiger partial charge in [-0.15, -0.1) is 0 Å². The van der Waals surface area contributed by atoms with Gasteiger partial charge in [-0.25, -0.2) is 4.98 Å². The number of nitrogens with one attached hydrogen (secondary N) is 1. The minimum Gasteiger partial charge on any atom is -0.490 e. The Labute approximate surface area is 154 Å². The highest BCUT2D eigenvalue weighted by molar-refractivity contribution is 9.10. The van der Waals surface area contributed by atoms with Crippen LogP contribution in [0.5, 0.6) is 11.5 Å². The Hall–Kier alpha value is -1.73. The molecule has 2 aromatic rings. The molecule has 24 heavy (non-hydrogen) atoms. The van der Waals surface area contributed by atoms with E-state index in [4.69, 9.17) is 9.47 Å². The van der Waals surface area contributed by atoms with E-state index in [1.165, 1.54) is 11.8 Å². The zero-order valence-electron chi connectivity index (χ0n) is 13.5. The van der Waals surface area contributed by atoms with Gasteiger partial charge < -0.3 is 14.8 Å². The number of hydrogen-bond acceptors (Lipinski definition) is 5. The summed E-state index contributed by atoms with van der Waals surface area (Å²) in [6.45, 7) is 4.91. The molecular formula is C17H19BrN2O3S. The van der Waals surface area contributed by atoms with E-state index in [0.717, 1.165) is 9.50 Å². The van der Waals surface area contributed by atoms with E-state index in [9.17, 15) is 4.79 Å². The molecule has 0 saturated heterocycles. The average molecular weight is 411 g/mol. The number of benzene rings is 1. The molecule has 0 saturated carbocycles. The molecule has 5 nitrogen and oxygen atoms in total. The van der Waals surface area contributed by atoms with Crippen LogP contribution in [0.2, 0.25) is 0 Å². The van der Waals surface area contributed by atoms with E-state index >= 15 is 0 Å². The number of nitrogens with zero attached hydrogens (tertiary/aromatic N) is 1. The van der Waals surface area contributed by atoms with Crippen molar-refractivity contribution in [1.82, 2.24) is 4.98 Å². The normalized spacial score (nSPS) is 10.3. The molecule has 1 amide bonds. The fourth-order valence-corrected chi connectivity index (χ4v) is 3.22. The molecule has 0 aliphatic carbocycles. The monoisotopic (exact) mass is 410 g/mol. The third-order valence-electron chi connectivity index (χ3n) is 2.89.